The Labute approximate surface area is 151 Å². The maximum Gasteiger partial charge on any atom is 0.223 e. The molecule has 1 aromatic rings. The Hall–Kier alpha value is -1.42. The zero-order chi connectivity index (χ0) is 17.3. The van der Waals surface area contributed by atoms with Crippen molar-refractivity contribution in [1.29, 1.82) is 0 Å². The van der Waals surface area contributed by atoms with E-state index in [9.17, 15) is 4.79 Å². The van der Waals surface area contributed by atoms with Gasteiger partial charge >= 0.3 is 0 Å². The molecule has 2 aliphatic heterocycles. The quantitative estimate of drug-likeness (QED) is 0.842. The molecule has 0 unspecified atom stereocenters. The Bertz CT molecular complexity index is 615. The van der Waals surface area contributed by atoms with E-state index in [1.165, 1.54) is 58.2 Å². The summed E-state index contributed by atoms with van der Waals surface area (Å²) in [5, 5.41) is 0. The van der Waals surface area contributed by atoms with Gasteiger partial charge in [-0.25, -0.2) is 0 Å². The molecular formula is C21H31N3O. The first-order valence-corrected chi connectivity index (χ1v) is 10.0. The summed E-state index contributed by atoms with van der Waals surface area (Å²) in [6.45, 7) is 7.27. The molecule has 136 valence electrons. The third kappa shape index (κ3) is 3.89. The molecule has 4 nitrogen and oxygen atoms in total. The second-order valence-electron chi connectivity index (χ2n) is 8.65. The van der Waals surface area contributed by atoms with Gasteiger partial charge in [0.25, 0.3) is 0 Å². The second-order valence-corrected chi connectivity index (χ2v) is 8.65. The SMILES string of the molecule is Cc1cccc(CN2CC3(CCN(CC4CCCC4)CC3)CC2=O)n1. The summed E-state index contributed by atoms with van der Waals surface area (Å²) in [4.78, 5) is 21.9. The molecule has 3 fully saturated rings. The topological polar surface area (TPSA) is 36.4 Å². The maximum atomic E-state index is 12.6. The number of likely N-dealkylation sites (tertiary alicyclic amines) is 2. The van der Waals surface area contributed by atoms with E-state index in [1.807, 2.05) is 25.1 Å². The predicted octanol–water partition coefficient (Wildman–Crippen LogP) is 3.39. The number of carbonyl (C=O) groups is 1. The molecule has 2 saturated heterocycles. The van der Waals surface area contributed by atoms with Crippen molar-refractivity contribution in [2.45, 2.75) is 58.4 Å². The smallest absolute Gasteiger partial charge is 0.223 e. The van der Waals surface area contributed by atoms with Crippen LogP contribution in [-0.2, 0) is 11.3 Å². The van der Waals surface area contributed by atoms with Crippen LogP contribution in [0.1, 0.15) is 56.3 Å². The molecule has 1 saturated carbocycles. The number of aryl methyl sites for hydroxylation is 1. The predicted molar refractivity (Wildman–Crippen MR) is 99.1 cm³/mol. The van der Waals surface area contributed by atoms with Crippen LogP contribution < -0.4 is 0 Å². The van der Waals surface area contributed by atoms with Crippen LogP contribution in [0.15, 0.2) is 18.2 Å². The van der Waals surface area contributed by atoms with Gasteiger partial charge in [0, 0.05) is 25.2 Å². The van der Waals surface area contributed by atoms with Gasteiger partial charge in [0.1, 0.15) is 0 Å². The summed E-state index contributed by atoms with van der Waals surface area (Å²) >= 11 is 0. The highest BCUT2D eigenvalue weighted by Gasteiger charge is 2.44. The highest BCUT2D eigenvalue weighted by Crippen LogP contribution is 2.42. The minimum atomic E-state index is 0.229. The lowest BCUT2D eigenvalue weighted by molar-refractivity contribution is -0.128. The fraction of sp³-hybridized carbons (Fsp3) is 0.714. The van der Waals surface area contributed by atoms with Gasteiger partial charge in [0.2, 0.25) is 5.91 Å². The molecule has 0 aromatic carbocycles. The Balaban J connectivity index is 1.32. The molecule has 1 amide bonds. The third-order valence-corrected chi connectivity index (χ3v) is 6.61. The minimum Gasteiger partial charge on any atom is -0.336 e. The first kappa shape index (κ1) is 17.0. The highest BCUT2D eigenvalue weighted by molar-refractivity contribution is 5.79. The van der Waals surface area contributed by atoms with Crippen molar-refractivity contribution < 1.29 is 4.79 Å². The van der Waals surface area contributed by atoms with Crippen LogP contribution in [0.5, 0.6) is 0 Å². The Morgan fingerprint density at radius 3 is 2.68 bits per heavy atom. The molecule has 0 radical (unpaired) electrons. The van der Waals surface area contributed by atoms with Gasteiger partial charge in [-0.1, -0.05) is 18.9 Å². The first-order chi connectivity index (χ1) is 12.1. The van der Waals surface area contributed by atoms with Crippen LogP contribution in [0, 0.1) is 18.3 Å². The summed E-state index contributed by atoms with van der Waals surface area (Å²) in [6, 6.07) is 6.09. The number of aromatic nitrogens is 1. The minimum absolute atomic E-state index is 0.229. The number of amides is 1. The zero-order valence-electron chi connectivity index (χ0n) is 15.5. The number of hydrogen-bond donors (Lipinski definition) is 0. The molecular weight excluding hydrogens is 310 g/mol. The Kier molecular flexibility index (Phi) is 4.81. The van der Waals surface area contributed by atoms with Crippen molar-refractivity contribution in [2.24, 2.45) is 11.3 Å². The number of piperidine rings is 1. The lowest BCUT2D eigenvalue weighted by atomic mass is 9.77. The molecule has 0 N–H and O–H groups in total. The van der Waals surface area contributed by atoms with E-state index in [1.54, 1.807) is 0 Å². The van der Waals surface area contributed by atoms with Gasteiger partial charge < -0.3 is 9.80 Å². The summed E-state index contributed by atoms with van der Waals surface area (Å²) < 4.78 is 0. The van der Waals surface area contributed by atoms with E-state index in [0.717, 1.165) is 30.3 Å². The average Bonchev–Trinajstić information content (AvgIpc) is 3.19. The largest absolute Gasteiger partial charge is 0.336 e. The molecule has 4 rings (SSSR count). The van der Waals surface area contributed by atoms with Gasteiger partial charge in [-0.15, -0.1) is 0 Å². The lowest BCUT2D eigenvalue weighted by Crippen LogP contribution is -2.43. The summed E-state index contributed by atoms with van der Waals surface area (Å²) in [7, 11) is 0. The van der Waals surface area contributed by atoms with Crippen LogP contribution >= 0.6 is 0 Å². The van der Waals surface area contributed by atoms with E-state index in [2.05, 4.69) is 14.8 Å². The number of carbonyl (C=O) groups excluding carboxylic acids is 1. The van der Waals surface area contributed by atoms with Crippen molar-refractivity contribution in [3.63, 3.8) is 0 Å². The Morgan fingerprint density at radius 2 is 1.96 bits per heavy atom. The molecule has 4 heteroatoms. The van der Waals surface area contributed by atoms with Crippen molar-refractivity contribution in [1.82, 2.24) is 14.8 Å². The molecule has 1 spiro atoms. The molecule has 0 atom stereocenters. The van der Waals surface area contributed by atoms with Gasteiger partial charge in [0.15, 0.2) is 0 Å². The molecule has 3 heterocycles. The Morgan fingerprint density at radius 1 is 1.20 bits per heavy atom. The summed E-state index contributed by atoms with van der Waals surface area (Å²) in [5.74, 6) is 1.26. The molecule has 25 heavy (non-hydrogen) atoms. The van der Waals surface area contributed by atoms with E-state index in [-0.39, 0.29) is 5.41 Å². The van der Waals surface area contributed by atoms with E-state index < -0.39 is 0 Å². The number of rotatable bonds is 4. The van der Waals surface area contributed by atoms with Crippen LogP contribution in [-0.4, -0.2) is 46.9 Å². The summed E-state index contributed by atoms with van der Waals surface area (Å²) in [5.41, 5.74) is 2.27. The van der Waals surface area contributed by atoms with Gasteiger partial charge in [0.05, 0.1) is 12.2 Å². The average molecular weight is 341 g/mol. The number of hydrogen-bond acceptors (Lipinski definition) is 3. The number of pyridine rings is 1. The van der Waals surface area contributed by atoms with E-state index >= 15 is 0 Å². The standard InChI is InChI=1S/C21H31N3O/c1-17-5-4-8-19(22-17)15-24-16-21(13-20(24)25)9-11-23(12-10-21)14-18-6-2-3-7-18/h4-5,8,18H,2-3,6-7,9-16H2,1H3. The summed E-state index contributed by atoms with van der Waals surface area (Å²) in [6.07, 6.45) is 8.83. The number of nitrogens with zero attached hydrogens (tertiary/aromatic N) is 3. The van der Waals surface area contributed by atoms with Crippen molar-refractivity contribution in [3.05, 3.63) is 29.6 Å². The zero-order valence-corrected chi connectivity index (χ0v) is 15.5. The van der Waals surface area contributed by atoms with Crippen LogP contribution in [0.25, 0.3) is 0 Å². The molecule has 3 aliphatic rings. The fourth-order valence-electron chi connectivity index (χ4n) is 5.11. The van der Waals surface area contributed by atoms with Crippen molar-refractivity contribution in [2.75, 3.05) is 26.2 Å². The normalized spacial score (nSPS) is 24.5. The second kappa shape index (κ2) is 7.06. The maximum absolute atomic E-state index is 12.6. The third-order valence-electron chi connectivity index (χ3n) is 6.61. The monoisotopic (exact) mass is 341 g/mol. The van der Waals surface area contributed by atoms with E-state index in [4.69, 9.17) is 0 Å². The van der Waals surface area contributed by atoms with Gasteiger partial charge in [-0.05, 0) is 69.2 Å². The van der Waals surface area contributed by atoms with Gasteiger partial charge in [-0.2, -0.15) is 0 Å². The van der Waals surface area contributed by atoms with Crippen LogP contribution in [0.2, 0.25) is 0 Å². The fourth-order valence-corrected chi connectivity index (χ4v) is 5.11. The van der Waals surface area contributed by atoms with Gasteiger partial charge in [-0.3, -0.25) is 9.78 Å². The molecule has 1 aromatic heterocycles. The van der Waals surface area contributed by atoms with Crippen molar-refractivity contribution in [3.8, 4) is 0 Å². The van der Waals surface area contributed by atoms with E-state index in [0.29, 0.717) is 12.5 Å². The highest BCUT2D eigenvalue weighted by atomic mass is 16.2. The lowest BCUT2D eigenvalue weighted by Gasteiger charge is -2.39. The molecule has 0 bridgehead atoms. The first-order valence-electron chi connectivity index (χ1n) is 10.0. The van der Waals surface area contributed by atoms with Crippen LogP contribution in [0.4, 0.5) is 0 Å². The van der Waals surface area contributed by atoms with Crippen LogP contribution in [0.3, 0.4) is 0 Å². The molecule has 1 aliphatic carbocycles. The van der Waals surface area contributed by atoms with Crippen molar-refractivity contribution >= 4 is 5.91 Å².